The Labute approximate surface area is 814 Å². The maximum Gasteiger partial charge on any atom is 0.341 e. The number of para-hydroxylation sites is 2. The molecule has 41 heteroatoms. The molecule has 14 rings (SSSR count). The minimum atomic E-state index is -3.55. The number of sulfonamides is 3. The van der Waals surface area contributed by atoms with Crippen LogP contribution in [0.3, 0.4) is 0 Å². The van der Waals surface area contributed by atoms with E-state index < -0.39 is 36.0 Å². The van der Waals surface area contributed by atoms with Gasteiger partial charge in [-0.25, -0.2) is 43.5 Å². The number of esters is 2. The average molecular weight is 2290 g/mol. The quantitative estimate of drug-likeness (QED) is 0.00866. The monoisotopic (exact) mass is 2290 g/mol. The second kappa shape index (κ2) is 48.3. The SMILES string of the molecule is CCOC(=O)c1c(NC(=S)Nc2ccccc2OC)sc2c1CC(C)(C)OC2.CNC(=O)c1c(NC(=O)c2ccc(S(=O)(=O)N(C)C)cc2)sc(C)c1C.CNC(=O)c1c(NC(=O)c2ccc(S(=O)(=O)N(C)C)cc2)sc2c1CCCCC2.COC(=O)c1c(NC(=S)NCc2ccco2)sc2c1CCC2.[CH2-]C(=O)c1c(CC(=O)c2ccc(S(=O)(=O)N3CCCCC3)cc2)sc(C)c1C.[CH3-].[Hs]. The molecule has 4 aromatic carbocycles. The first-order valence-electron chi connectivity index (χ1n) is 42.5. The van der Waals surface area contributed by atoms with Crippen LogP contribution in [0.25, 0.3) is 0 Å². The van der Waals surface area contributed by atoms with Gasteiger partial charge >= 0.3 is 11.9 Å². The summed E-state index contributed by atoms with van der Waals surface area (Å²) < 4.78 is 104. The van der Waals surface area contributed by atoms with Gasteiger partial charge in [0.1, 0.15) is 31.5 Å². The Bertz CT molecular complexity index is 6310. The van der Waals surface area contributed by atoms with Gasteiger partial charge < -0.3 is 78.1 Å². The number of furan rings is 1. The summed E-state index contributed by atoms with van der Waals surface area (Å²) in [6, 6.07) is 28.7. The fourth-order valence-electron chi connectivity index (χ4n) is 14.7. The summed E-state index contributed by atoms with van der Waals surface area (Å²) >= 11 is 18.0. The van der Waals surface area contributed by atoms with E-state index in [1.807, 2.05) is 77.9 Å². The molecule has 2 aliphatic heterocycles. The van der Waals surface area contributed by atoms with Crippen LogP contribution < -0.4 is 47.3 Å². The number of rotatable bonds is 25. The number of benzene rings is 4. The van der Waals surface area contributed by atoms with Crippen molar-refractivity contribution in [1.82, 2.24) is 28.9 Å². The fraction of sp³-hybridized carbons (Fsp3) is 0.362. The van der Waals surface area contributed by atoms with E-state index in [4.69, 9.17) is 47.8 Å². The fourth-order valence-corrected chi connectivity index (χ4v) is 24.5. The van der Waals surface area contributed by atoms with Gasteiger partial charge in [0.05, 0.1) is 88.5 Å². The minimum absolute atomic E-state index is 0. The number of ether oxygens (including phenoxy) is 4. The number of nitrogens with zero attached hydrogens (tertiary/aromatic N) is 3. The summed E-state index contributed by atoms with van der Waals surface area (Å²) in [6.07, 6.45) is 13.2. The molecule has 722 valence electrons. The predicted molar refractivity (Wildman–Crippen MR) is 539 cm³/mol. The van der Waals surface area contributed by atoms with E-state index in [0.29, 0.717) is 120 Å². The van der Waals surface area contributed by atoms with Crippen LogP contribution in [0.2, 0.25) is 0 Å². The summed E-state index contributed by atoms with van der Waals surface area (Å²) in [5, 5.41) is 26.6. The van der Waals surface area contributed by atoms with E-state index in [-0.39, 0.29) is 75.4 Å². The Balaban J connectivity index is 0.000000207. The number of hydrogen-bond donors (Lipinski definition) is 8. The van der Waals surface area contributed by atoms with Crippen LogP contribution in [0.4, 0.5) is 25.7 Å². The molecule has 135 heavy (non-hydrogen) atoms. The molecule has 4 aliphatic rings. The van der Waals surface area contributed by atoms with E-state index in [1.165, 1.54) is 158 Å². The number of hydrogen-bond acceptors (Lipinski definition) is 26. The number of ketones is 2. The maximum atomic E-state index is 12.8. The number of fused-ring (bicyclic) bond motifs is 3. The Morgan fingerprint density at radius 1 is 0.526 bits per heavy atom. The third kappa shape index (κ3) is 26.9. The van der Waals surface area contributed by atoms with Gasteiger partial charge in [-0.15, -0.1) is 56.5 Å². The van der Waals surface area contributed by atoms with Crippen molar-refractivity contribution in [2.24, 2.45) is 0 Å². The molecular formula is C94H113HsN11O19S10-2. The zero-order chi connectivity index (χ0) is 97.1. The van der Waals surface area contributed by atoms with Crippen LogP contribution in [-0.4, -0.2) is 177 Å². The Kier molecular flexibility index (Phi) is 39.0. The molecule has 0 radical (unpaired) electrons. The van der Waals surface area contributed by atoms with Crippen LogP contribution in [0.15, 0.2) is 135 Å². The zero-order valence-corrected chi connectivity index (χ0v) is 93.0. The minimum Gasteiger partial charge on any atom is -0.495 e. The number of thiocarbonyl (C=S) groups is 2. The number of thiophene rings is 5. The second-order valence-corrected chi connectivity index (χ2v) is 44.8. The van der Waals surface area contributed by atoms with Gasteiger partial charge in [-0.1, -0.05) is 48.9 Å². The van der Waals surface area contributed by atoms with E-state index >= 15 is 0 Å². The molecule has 0 unspecified atom stereocenters. The standard InChI is InChI=1S/C21H24NO4S2.C20H25N3O4S2.C20H24N2O4S2.C17H21N3O4S2.C15H16N2O3S2.CH3.Hs/c1-14-16(3)27-20(21(14)15(2)23)13-19(24)17-7-9-18(10-8-17)28(25,26)22-11-5-4-6-12-22;1-21-19(25)17-15-7-5-4-6-8-16(15)28-20(17)22-18(24)13-9-11-14(12-10-13)29(26,27)23(2)3;1-5-25-18(23)16-12-10-20(2,3)26-11-15(12)28-17(16)22-19(27)21-13-8-6-7-9-14(13)24-4;1-10-11(2)25-17(14(10)16(22)18-3)19-15(21)12-6-8-13(9-7-12)26(23,24)20(4)5;1-19-14(18)12-10-5-2-6-11(10)22-13(12)17-15(21)16-8-9-4-3-7-20-9;;/h7-10H,2,4-6,11-13H2,1,3H3;9-12H,4-8H2,1-3H3,(H,21,25)(H,22,24);6-9H,5,10-11H2,1-4H3,(H2,21,22,27);6-9H,1-5H3,(H,18,22)(H,19,21);3-4,7H,2,5-6,8H2,1H3,(H2,16,17,21);1H3;/q-1;;;;;-1;. The maximum absolute atomic E-state index is 12.8. The van der Waals surface area contributed by atoms with Gasteiger partial charge in [0.15, 0.2) is 16.0 Å². The average Bonchev–Trinajstić information content (AvgIpc) is 1.65. The molecule has 8 heterocycles. The summed E-state index contributed by atoms with van der Waals surface area (Å²) in [5.41, 5.74) is 8.97. The topological polar surface area (TPSA) is 395 Å². The molecule has 4 amide bonds. The van der Waals surface area contributed by atoms with Gasteiger partial charge in [0, 0.05) is 110 Å². The van der Waals surface area contributed by atoms with Gasteiger partial charge in [0.2, 0.25) is 30.1 Å². The Morgan fingerprint density at radius 2 is 1.01 bits per heavy atom. The number of carbonyl (C=O) groups excluding carboxylic acids is 8. The Morgan fingerprint density at radius 3 is 1.55 bits per heavy atom. The van der Waals surface area contributed by atoms with Crippen LogP contribution in [0.1, 0.15) is 211 Å². The van der Waals surface area contributed by atoms with Crippen LogP contribution in [0.5, 0.6) is 5.75 Å². The zero-order valence-electron chi connectivity index (χ0n) is 78.3. The number of methoxy groups -OCH3 is 2. The molecule has 0 spiro atoms. The molecule has 8 N–H and O–H groups in total. The van der Waals surface area contributed by atoms with E-state index in [1.54, 1.807) is 50.8 Å². The van der Waals surface area contributed by atoms with Gasteiger partial charge in [0.25, 0.3) is 23.6 Å². The molecular weight excluding hydrogens is 2180 g/mol. The molecule has 0 saturated carbocycles. The summed E-state index contributed by atoms with van der Waals surface area (Å²) in [6.45, 7) is 19.2. The van der Waals surface area contributed by atoms with E-state index in [9.17, 15) is 63.6 Å². The van der Waals surface area contributed by atoms with Crippen molar-refractivity contribution >= 4 is 194 Å². The third-order valence-corrected chi connectivity index (χ3v) is 33.9. The first-order valence-corrected chi connectivity index (χ1v) is 51.7. The largest absolute Gasteiger partial charge is 0.495 e. The second-order valence-electron chi connectivity index (χ2n) is 31.9. The Hall–Kier alpha value is -11.4. The summed E-state index contributed by atoms with van der Waals surface area (Å²) in [5.74, 6) is -0.870. The predicted octanol–water partition coefficient (Wildman–Crippen LogP) is 17.2. The van der Waals surface area contributed by atoms with Crippen molar-refractivity contribution in [2.45, 2.75) is 165 Å². The first-order chi connectivity index (χ1) is 63.1. The van der Waals surface area contributed by atoms with Crippen molar-refractivity contribution in [3.63, 3.8) is 0 Å². The molecule has 0 bridgehead atoms. The van der Waals surface area contributed by atoms with E-state index in [2.05, 4.69) is 49.5 Å². The number of carbonyl (C=O) groups is 8. The van der Waals surface area contributed by atoms with Crippen molar-refractivity contribution in [3.05, 3.63) is 237 Å². The molecule has 30 nitrogen and oxygen atoms in total. The third-order valence-electron chi connectivity index (χ3n) is 22.0. The molecule has 1 saturated heterocycles. The van der Waals surface area contributed by atoms with Gasteiger partial charge in [-0.05, 0) is 236 Å². The molecule has 2 aliphatic carbocycles. The summed E-state index contributed by atoms with van der Waals surface area (Å²) in [7, 11) is 1.29. The van der Waals surface area contributed by atoms with Crippen LogP contribution >= 0.6 is 81.1 Å². The van der Waals surface area contributed by atoms with Crippen molar-refractivity contribution in [3.8, 4) is 5.75 Å². The number of piperidine rings is 1. The van der Waals surface area contributed by atoms with Crippen molar-refractivity contribution in [1.29, 1.82) is 0 Å². The number of Topliss-reactive ketones (excluding diaryl/α,β-unsaturated/α-hetero) is 2. The van der Waals surface area contributed by atoms with Crippen LogP contribution in [0, 0.1) is 42.0 Å². The van der Waals surface area contributed by atoms with Gasteiger partial charge in [-0.2, -0.15) is 22.6 Å². The smallest absolute Gasteiger partial charge is 0.341 e. The van der Waals surface area contributed by atoms with E-state index in [0.717, 1.165) is 143 Å². The molecule has 1 fully saturated rings. The first kappa shape index (κ1) is 109. The van der Waals surface area contributed by atoms with Crippen molar-refractivity contribution < 1.29 is 87.0 Å². The van der Waals surface area contributed by atoms with Crippen LogP contribution in [-0.2, 0) is 96.0 Å². The van der Waals surface area contributed by atoms with Crippen molar-refractivity contribution in [2.75, 3.05) is 103 Å². The summed E-state index contributed by atoms with van der Waals surface area (Å²) in [4.78, 5) is 106. The number of nitrogens with one attached hydrogen (secondary N) is 8. The molecule has 0 atom stereocenters. The number of anilines is 5. The van der Waals surface area contributed by atoms with Gasteiger partial charge in [-0.3, -0.25) is 24.0 Å². The number of amides is 4. The molecule has 6 aromatic heterocycles. The number of aryl methyl sites for hydroxylation is 4. The normalized spacial score (nSPS) is 13.6. The molecule has 10 aromatic rings.